The Labute approximate surface area is 141 Å². The van der Waals surface area contributed by atoms with Crippen LogP contribution in [0, 0.1) is 13.8 Å². The summed E-state index contributed by atoms with van der Waals surface area (Å²) >= 11 is 1.57. The lowest BCUT2D eigenvalue weighted by molar-refractivity contribution is -0.120. The fourth-order valence-corrected chi connectivity index (χ4v) is 3.30. The van der Waals surface area contributed by atoms with Crippen molar-refractivity contribution in [1.82, 2.24) is 5.32 Å². The van der Waals surface area contributed by atoms with Gasteiger partial charge < -0.3 is 10.2 Å². The Morgan fingerprint density at radius 1 is 1.13 bits per heavy atom. The van der Waals surface area contributed by atoms with Crippen LogP contribution in [0.1, 0.15) is 22.9 Å². The van der Waals surface area contributed by atoms with E-state index < -0.39 is 0 Å². The summed E-state index contributed by atoms with van der Waals surface area (Å²) in [6, 6.07) is 9.85. The van der Waals surface area contributed by atoms with E-state index in [0.717, 1.165) is 21.7 Å². The second-order valence-corrected chi connectivity index (χ2v) is 6.55. The van der Waals surface area contributed by atoms with Crippen molar-refractivity contribution in [2.75, 3.05) is 18.0 Å². The first kappa shape index (κ1) is 17.2. The molecule has 0 atom stereocenters. The van der Waals surface area contributed by atoms with Crippen LogP contribution < -0.4 is 10.2 Å². The SMILES string of the molecule is CC(=O)N(CCNC(=O)Cc1cccs1)c1c(C)cccc1C. The van der Waals surface area contributed by atoms with E-state index in [9.17, 15) is 9.59 Å². The Hall–Kier alpha value is -2.14. The molecule has 0 spiro atoms. The normalized spacial score (nSPS) is 10.4. The van der Waals surface area contributed by atoms with E-state index >= 15 is 0 Å². The molecule has 0 fully saturated rings. The summed E-state index contributed by atoms with van der Waals surface area (Å²) in [5.74, 6) is -0.0348. The Bertz CT molecular complexity index is 660. The number of hydrogen-bond acceptors (Lipinski definition) is 3. The van der Waals surface area contributed by atoms with Crippen molar-refractivity contribution >= 4 is 28.8 Å². The molecule has 122 valence electrons. The van der Waals surface area contributed by atoms with Gasteiger partial charge >= 0.3 is 0 Å². The predicted molar refractivity (Wildman–Crippen MR) is 95.0 cm³/mol. The Balaban J connectivity index is 1.95. The van der Waals surface area contributed by atoms with Gasteiger partial charge in [0, 0.05) is 30.6 Å². The van der Waals surface area contributed by atoms with Gasteiger partial charge in [-0.15, -0.1) is 11.3 Å². The maximum absolute atomic E-state index is 12.0. The zero-order valence-electron chi connectivity index (χ0n) is 13.8. The molecule has 2 aromatic rings. The number of hydrogen-bond donors (Lipinski definition) is 1. The average Bonchev–Trinajstić information content (AvgIpc) is 2.97. The van der Waals surface area contributed by atoms with E-state index in [1.165, 1.54) is 0 Å². The van der Waals surface area contributed by atoms with Gasteiger partial charge in [-0.1, -0.05) is 24.3 Å². The molecule has 5 heteroatoms. The highest BCUT2D eigenvalue weighted by Gasteiger charge is 2.16. The first-order valence-electron chi connectivity index (χ1n) is 7.62. The standard InChI is InChI=1S/C18H22N2O2S/c1-13-6-4-7-14(2)18(13)20(15(3)21)10-9-19-17(22)12-16-8-5-11-23-16/h4-8,11H,9-10,12H2,1-3H3,(H,19,22). The van der Waals surface area contributed by atoms with E-state index in [0.29, 0.717) is 19.5 Å². The van der Waals surface area contributed by atoms with Crippen LogP contribution in [0.25, 0.3) is 0 Å². The molecule has 2 rings (SSSR count). The minimum absolute atomic E-state index is 0.0162. The van der Waals surface area contributed by atoms with Crippen LogP contribution in [-0.2, 0) is 16.0 Å². The third-order valence-corrected chi connectivity index (χ3v) is 4.54. The fourth-order valence-electron chi connectivity index (χ4n) is 2.60. The highest BCUT2D eigenvalue weighted by atomic mass is 32.1. The summed E-state index contributed by atoms with van der Waals surface area (Å²) < 4.78 is 0. The molecule has 0 saturated heterocycles. The van der Waals surface area contributed by atoms with Crippen LogP contribution in [-0.4, -0.2) is 24.9 Å². The predicted octanol–water partition coefficient (Wildman–Crippen LogP) is 3.08. The topological polar surface area (TPSA) is 49.4 Å². The minimum Gasteiger partial charge on any atom is -0.354 e. The molecule has 0 bridgehead atoms. The van der Waals surface area contributed by atoms with E-state index in [2.05, 4.69) is 5.32 Å². The first-order chi connectivity index (χ1) is 11.0. The monoisotopic (exact) mass is 330 g/mol. The second kappa shape index (κ2) is 7.92. The number of anilines is 1. The van der Waals surface area contributed by atoms with E-state index in [1.54, 1.807) is 23.2 Å². The van der Waals surface area contributed by atoms with Crippen molar-refractivity contribution < 1.29 is 9.59 Å². The van der Waals surface area contributed by atoms with Crippen LogP contribution in [0.3, 0.4) is 0 Å². The van der Waals surface area contributed by atoms with Crippen molar-refractivity contribution in [3.8, 4) is 0 Å². The largest absolute Gasteiger partial charge is 0.354 e. The Morgan fingerprint density at radius 2 is 1.83 bits per heavy atom. The third kappa shape index (κ3) is 4.66. The number of para-hydroxylation sites is 1. The number of amides is 2. The number of rotatable bonds is 6. The molecule has 23 heavy (non-hydrogen) atoms. The summed E-state index contributed by atoms with van der Waals surface area (Å²) in [6.07, 6.45) is 0.390. The number of aryl methyl sites for hydroxylation is 2. The third-order valence-electron chi connectivity index (χ3n) is 3.66. The second-order valence-electron chi connectivity index (χ2n) is 5.52. The number of benzene rings is 1. The molecule has 1 N–H and O–H groups in total. The zero-order valence-corrected chi connectivity index (χ0v) is 14.6. The van der Waals surface area contributed by atoms with E-state index in [-0.39, 0.29) is 11.8 Å². The van der Waals surface area contributed by atoms with Crippen LogP contribution >= 0.6 is 11.3 Å². The van der Waals surface area contributed by atoms with Gasteiger partial charge in [-0.2, -0.15) is 0 Å². The molecular formula is C18H22N2O2S. The lowest BCUT2D eigenvalue weighted by atomic mass is 10.1. The quantitative estimate of drug-likeness (QED) is 0.885. The van der Waals surface area contributed by atoms with Crippen LogP contribution in [0.15, 0.2) is 35.7 Å². The lowest BCUT2D eigenvalue weighted by Gasteiger charge is -2.25. The lowest BCUT2D eigenvalue weighted by Crippen LogP contribution is -2.38. The summed E-state index contributed by atoms with van der Waals surface area (Å²) in [7, 11) is 0. The molecule has 0 radical (unpaired) electrons. The van der Waals surface area contributed by atoms with Crippen molar-refractivity contribution in [2.45, 2.75) is 27.2 Å². The van der Waals surface area contributed by atoms with Crippen molar-refractivity contribution in [1.29, 1.82) is 0 Å². The molecule has 0 aliphatic heterocycles. The number of thiophene rings is 1. The number of carbonyl (C=O) groups is 2. The van der Waals surface area contributed by atoms with Gasteiger partial charge in [0.25, 0.3) is 0 Å². The molecule has 0 aliphatic rings. The molecule has 4 nitrogen and oxygen atoms in total. The highest BCUT2D eigenvalue weighted by Crippen LogP contribution is 2.24. The molecule has 1 aromatic heterocycles. The van der Waals surface area contributed by atoms with Gasteiger partial charge in [-0.05, 0) is 36.4 Å². The number of carbonyl (C=O) groups excluding carboxylic acids is 2. The van der Waals surface area contributed by atoms with Crippen molar-refractivity contribution in [2.24, 2.45) is 0 Å². The molecular weight excluding hydrogens is 308 g/mol. The maximum Gasteiger partial charge on any atom is 0.225 e. The van der Waals surface area contributed by atoms with Gasteiger partial charge in [0.05, 0.1) is 6.42 Å². The molecule has 0 unspecified atom stereocenters. The highest BCUT2D eigenvalue weighted by molar-refractivity contribution is 7.10. The summed E-state index contributed by atoms with van der Waals surface area (Å²) in [6.45, 7) is 6.45. The van der Waals surface area contributed by atoms with Gasteiger partial charge in [0.15, 0.2) is 0 Å². The van der Waals surface area contributed by atoms with Crippen molar-refractivity contribution in [3.05, 3.63) is 51.7 Å². The molecule has 2 amide bonds. The maximum atomic E-state index is 12.0. The van der Waals surface area contributed by atoms with E-state index in [4.69, 9.17) is 0 Å². The molecule has 1 heterocycles. The summed E-state index contributed by atoms with van der Waals surface area (Å²) in [5, 5.41) is 4.85. The smallest absolute Gasteiger partial charge is 0.225 e. The minimum atomic E-state index is -0.0186. The number of nitrogens with one attached hydrogen (secondary N) is 1. The average molecular weight is 330 g/mol. The summed E-state index contributed by atoms with van der Waals surface area (Å²) in [5.41, 5.74) is 3.06. The molecule has 0 aliphatic carbocycles. The van der Waals surface area contributed by atoms with Crippen molar-refractivity contribution in [3.63, 3.8) is 0 Å². The van der Waals surface area contributed by atoms with Crippen LogP contribution in [0.2, 0.25) is 0 Å². The Morgan fingerprint density at radius 3 is 2.39 bits per heavy atom. The van der Waals surface area contributed by atoms with Crippen LogP contribution in [0.5, 0.6) is 0 Å². The first-order valence-corrected chi connectivity index (χ1v) is 8.50. The summed E-state index contributed by atoms with van der Waals surface area (Å²) in [4.78, 5) is 26.7. The van der Waals surface area contributed by atoms with Gasteiger partial charge in [-0.25, -0.2) is 0 Å². The van der Waals surface area contributed by atoms with Crippen LogP contribution in [0.4, 0.5) is 5.69 Å². The van der Waals surface area contributed by atoms with E-state index in [1.807, 2.05) is 49.6 Å². The van der Waals surface area contributed by atoms with Gasteiger partial charge in [0.2, 0.25) is 11.8 Å². The molecule has 1 aromatic carbocycles. The number of nitrogens with zero attached hydrogens (tertiary/aromatic N) is 1. The van der Waals surface area contributed by atoms with Gasteiger partial charge in [-0.3, -0.25) is 9.59 Å². The zero-order chi connectivity index (χ0) is 16.8. The Kier molecular flexibility index (Phi) is 5.93. The fraction of sp³-hybridized carbons (Fsp3) is 0.333. The molecule has 0 saturated carbocycles. The van der Waals surface area contributed by atoms with Gasteiger partial charge in [0.1, 0.15) is 0 Å².